The van der Waals surface area contributed by atoms with E-state index in [1.807, 2.05) is 48.7 Å². The van der Waals surface area contributed by atoms with Crippen LogP contribution in [0.2, 0.25) is 0 Å². The second-order valence-corrected chi connectivity index (χ2v) is 5.09. The Morgan fingerprint density at radius 2 is 1.90 bits per heavy atom. The Hall–Kier alpha value is -2.57. The first-order valence-electron chi connectivity index (χ1n) is 6.96. The molecule has 1 aromatic heterocycles. The zero-order chi connectivity index (χ0) is 14.7. The topological polar surface area (TPSA) is 49.0 Å². The number of fused-ring (bicyclic) bond motifs is 1. The lowest BCUT2D eigenvalue weighted by molar-refractivity contribution is 0.562. The lowest BCUT2D eigenvalue weighted by atomic mass is 10.1. The van der Waals surface area contributed by atoms with Crippen LogP contribution in [0.4, 0.5) is 0 Å². The molecule has 0 aliphatic rings. The molecule has 3 rings (SSSR count). The maximum Gasteiger partial charge on any atom is 0.134 e. The molecule has 1 N–H and O–H groups in total. The average Bonchev–Trinajstić information content (AvgIpc) is 2.96. The van der Waals surface area contributed by atoms with Crippen LogP contribution in [-0.2, 0) is 6.54 Å². The smallest absolute Gasteiger partial charge is 0.134 e. The number of rotatable bonds is 4. The van der Waals surface area contributed by atoms with E-state index in [0.717, 1.165) is 23.1 Å². The fourth-order valence-corrected chi connectivity index (χ4v) is 2.40. The molecular formula is C18H16N2O. The van der Waals surface area contributed by atoms with Gasteiger partial charge in [-0.1, -0.05) is 30.3 Å². The second kappa shape index (κ2) is 5.82. The van der Waals surface area contributed by atoms with Crippen LogP contribution < -0.4 is 5.32 Å². The van der Waals surface area contributed by atoms with E-state index in [0.29, 0.717) is 5.56 Å². The van der Waals surface area contributed by atoms with Gasteiger partial charge in [0.25, 0.3) is 0 Å². The molecule has 0 aliphatic heterocycles. The van der Waals surface area contributed by atoms with Gasteiger partial charge in [0, 0.05) is 23.5 Å². The fourth-order valence-electron chi connectivity index (χ4n) is 2.40. The van der Waals surface area contributed by atoms with E-state index in [2.05, 4.69) is 24.4 Å². The first-order chi connectivity index (χ1) is 10.3. The first-order valence-corrected chi connectivity index (χ1v) is 6.96. The highest BCUT2D eigenvalue weighted by Crippen LogP contribution is 2.21. The molecule has 0 amide bonds. The van der Waals surface area contributed by atoms with E-state index in [1.54, 1.807) is 0 Å². The number of nitrogens with zero attached hydrogens (tertiary/aromatic N) is 1. The van der Waals surface area contributed by atoms with E-state index >= 15 is 0 Å². The normalized spacial score (nSPS) is 12.2. The maximum atomic E-state index is 8.82. The van der Waals surface area contributed by atoms with Gasteiger partial charge in [-0.3, -0.25) is 0 Å². The average molecular weight is 276 g/mol. The van der Waals surface area contributed by atoms with Crippen molar-refractivity contribution in [2.75, 3.05) is 0 Å². The quantitative estimate of drug-likeness (QED) is 0.778. The number of hydrogen-bond acceptors (Lipinski definition) is 3. The van der Waals surface area contributed by atoms with Gasteiger partial charge in [0.05, 0.1) is 17.9 Å². The molecule has 2 aromatic carbocycles. The third-order valence-electron chi connectivity index (χ3n) is 3.70. The van der Waals surface area contributed by atoms with Gasteiger partial charge in [-0.2, -0.15) is 5.26 Å². The van der Waals surface area contributed by atoms with Crippen LogP contribution in [-0.4, -0.2) is 0 Å². The fraction of sp³-hybridized carbons (Fsp3) is 0.167. The summed E-state index contributed by atoms with van der Waals surface area (Å²) in [7, 11) is 0. The minimum absolute atomic E-state index is 0.214. The molecular weight excluding hydrogens is 260 g/mol. The van der Waals surface area contributed by atoms with Crippen molar-refractivity contribution in [3.05, 3.63) is 71.5 Å². The van der Waals surface area contributed by atoms with Gasteiger partial charge in [0.1, 0.15) is 5.58 Å². The van der Waals surface area contributed by atoms with Crippen molar-refractivity contribution in [3.63, 3.8) is 0 Å². The summed E-state index contributed by atoms with van der Waals surface area (Å²) in [5.74, 6) is 0. The van der Waals surface area contributed by atoms with Crippen molar-refractivity contribution < 1.29 is 4.42 Å². The van der Waals surface area contributed by atoms with Crippen LogP contribution in [0, 0.1) is 11.3 Å². The highest BCUT2D eigenvalue weighted by atomic mass is 16.3. The third kappa shape index (κ3) is 2.81. The number of nitrogens with one attached hydrogen (secondary N) is 1. The Kier molecular flexibility index (Phi) is 3.72. The predicted molar refractivity (Wildman–Crippen MR) is 82.6 cm³/mol. The Morgan fingerprint density at radius 1 is 1.14 bits per heavy atom. The molecule has 0 saturated heterocycles. The minimum Gasteiger partial charge on any atom is -0.464 e. The Morgan fingerprint density at radius 3 is 2.67 bits per heavy atom. The molecule has 21 heavy (non-hydrogen) atoms. The molecule has 0 aliphatic carbocycles. The largest absolute Gasteiger partial charge is 0.464 e. The number of hydrogen-bond donors (Lipinski definition) is 1. The summed E-state index contributed by atoms with van der Waals surface area (Å²) in [5.41, 5.74) is 3.93. The van der Waals surface area contributed by atoms with Gasteiger partial charge in [-0.15, -0.1) is 0 Å². The summed E-state index contributed by atoms with van der Waals surface area (Å²) in [5, 5.41) is 13.5. The Labute approximate surface area is 123 Å². The minimum atomic E-state index is 0.214. The highest BCUT2D eigenvalue weighted by molar-refractivity contribution is 5.80. The monoisotopic (exact) mass is 276 g/mol. The maximum absolute atomic E-state index is 8.82. The molecule has 3 nitrogen and oxygen atoms in total. The SMILES string of the molecule is CC(NCc1coc2ccccc12)c1ccc(C#N)cc1. The van der Waals surface area contributed by atoms with E-state index in [4.69, 9.17) is 9.68 Å². The molecule has 0 spiro atoms. The van der Waals surface area contributed by atoms with Crippen LogP contribution in [0.25, 0.3) is 11.0 Å². The predicted octanol–water partition coefficient (Wildman–Crippen LogP) is 4.16. The van der Waals surface area contributed by atoms with Crippen LogP contribution >= 0.6 is 0 Å². The van der Waals surface area contributed by atoms with Gasteiger partial charge in [0.15, 0.2) is 0 Å². The van der Waals surface area contributed by atoms with Gasteiger partial charge in [0.2, 0.25) is 0 Å². The lowest BCUT2D eigenvalue weighted by Gasteiger charge is -2.13. The zero-order valence-electron chi connectivity index (χ0n) is 11.8. The van der Waals surface area contributed by atoms with Crippen molar-refractivity contribution >= 4 is 11.0 Å². The summed E-state index contributed by atoms with van der Waals surface area (Å²) < 4.78 is 5.54. The van der Waals surface area contributed by atoms with Crippen molar-refractivity contribution in [3.8, 4) is 6.07 Å². The summed E-state index contributed by atoms with van der Waals surface area (Å²) in [4.78, 5) is 0. The molecule has 3 aromatic rings. The Balaban J connectivity index is 1.70. The molecule has 1 atom stereocenters. The van der Waals surface area contributed by atoms with E-state index in [9.17, 15) is 0 Å². The zero-order valence-corrected chi connectivity index (χ0v) is 11.8. The standard InChI is InChI=1S/C18H16N2O/c1-13(15-8-6-14(10-19)7-9-15)20-11-16-12-21-18-5-3-2-4-17(16)18/h2-9,12-13,20H,11H2,1H3. The number of furan rings is 1. The molecule has 3 heteroatoms. The second-order valence-electron chi connectivity index (χ2n) is 5.09. The van der Waals surface area contributed by atoms with Crippen LogP contribution in [0.15, 0.2) is 59.2 Å². The number of para-hydroxylation sites is 1. The number of nitriles is 1. The lowest BCUT2D eigenvalue weighted by Crippen LogP contribution is -2.17. The third-order valence-corrected chi connectivity index (χ3v) is 3.70. The number of benzene rings is 2. The van der Waals surface area contributed by atoms with Gasteiger partial charge in [-0.25, -0.2) is 0 Å². The van der Waals surface area contributed by atoms with E-state index in [-0.39, 0.29) is 6.04 Å². The van der Waals surface area contributed by atoms with Crippen molar-refractivity contribution in [2.24, 2.45) is 0 Å². The van der Waals surface area contributed by atoms with Crippen LogP contribution in [0.5, 0.6) is 0 Å². The molecule has 104 valence electrons. The summed E-state index contributed by atoms with van der Waals surface area (Å²) >= 11 is 0. The molecule has 0 fully saturated rings. The molecule has 1 heterocycles. The van der Waals surface area contributed by atoms with Gasteiger partial charge in [-0.05, 0) is 30.7 Å². The highest BCUT2D eigenvalue weighted by Gasteiger charge is 2.08. The van der Waals surface area contributed by atoms with E-state index in [1.165, 1.54) is 5.56 Å². The Bertz CT molecular complexity index is 781. The van der Waals surface area contributed by atoms with Gasteiger partial charge >= 0.3 is 0 Å². The van der Waals surface area contributed by atoms with Gasteiger partial charge < -0.3 is 9.73 Å². The molecule has 0 bridgehead atoms. The van der Waals surface area contributed by atoms with Crippen LogP contribution in [0.3, 0.4) is 0 Å². The molecule has 0 saturated carbocycles. The van der Waals surface area contributed by atoms with Crippen molar-refractivity contribution in [2.45, 2.75) is 19.5 Å². The summed E-state index contributed by atoms with van der Waals surface area (Å²) in [6.45, 7) is 2.86. The van der Waals surface area contributed by atoms with Crippen molar-refractivity contribution in [1.82, 2.24) is 5.32 Å². The van der Waals surface area contributed by atoms with Crippen molar-refractivity contribution in [1.29, 1.82) is 5.26 Å². The van der Waals surface area contributed by atoms with E-state index < -0.39 is 0 Å². The molecule has 0 radical (unpaired) electrons. The molecule has 1 unspecified atom stereocenters. The summed E-state index contributed by atoms with van der Waals surface area (Å²) in [6, 6.07) is 18.1. The summed E-state index contributed by atoms with van der Waals surface area (Å²) in [6.07, 6.45) is 1.81. The first kappa shape index (κ1) is 13.4. The van der Waals surface area contributed by atoms with Crippen LogP contribution in [0.1, 0.15) is 29.7 Å².